The van der Waals surface area contributed by atoms with E-state index >= 15 is 0 Å². The predicted molar refractivity (Wildman–Crippen MR) is 184 cm³/mol. The van der Waals surface area contributed by atoms with Gasteiger partial charge in [-0.15, -0.1) is 6.58 Å². The molecule has 6 atom stereocenters. The fourth-order valence-corrected chi connectivity index (χ4v) is 7.18. The Hall–Kier alpha value is -4.87. The molecule has 0 aromatic heterocycles. The Morgan fingerprint density at radius 2 is 1.76 bits per heavy atom. The average molecular weight is 687 g/mol. The van der Waals surface area contributed by atoms with Crippen molar-refractivity contribution in [1.82, 2.24) is 15.5 Å². The van der Waals surface area contributed by atoms with Crippen LogP contribution in [0.3, 0.4) is 0 Å². The molecule has 3 N–H and O–H groups in total. The first-order chi connectivity index (χ1) is 23.9. The lowest BCUT2D eigenvalue weighted by Crippen LogP contribution is -2.59. The van der Waals surface area contributed by atoms with E-state index in [0.717, 1.165) is 36.8 Å². The van der Waals surface area contributed by atoms with Crippen molar-refractivity contribution < 1.29 is 38.6 Å². The highest BCUT2D eigenvalue weighted by Gasteiger charge is 2.61. The minimum absolute atomic E-state index is 0.00908. The molecule has 0 radical (unpaired) electrons. The zero-order valence-corrected chi connectivity index (χ0v) is 28.8. The zero-order valence-electron chi connectivity index (χ0n) is 28.8. The summed E-state index contributed by atoms with van der Waals surface area (Å²) in [5, 5.41) is 20.0. The predicted octanol–water partition coefficient (Wildman–Crippen LogP) is 5.13. The molecule has 0 spiro atoms. The Morgan fingerprint density at radius 1 is 1.06 bits per heavy atom. The largest absolute Gasteiger partial charge is 0.485 e. The van der Waals surface area contributed by atoms with Gasteiger partial charge in [-0.2, -0.15) is 0 Å². The molecule has 2 aromatic rings. The first kappa shape index (κ1) is 35.0. The number of hydrogen-bond donors (Lipinski definition) is 3. The molecule has 50 heavy (non-hydrogen) atoms. The third-order valence-electron chi connectivity index (χ3n) is 10.2. The number of carbonyl (C=O) groups excluding carboxylic acids is 3. The van der Waals surface area contributed by atoms with E-state index in [1.54, 1.807) is 0 Å². The third-order valence-corrected chi connectivity index (χ3v) is 10.2. The maximum atomic E-state index is 14.4. The number of aliphatic carboxylic acids is 1. The molecular weight excluding hydrogens is 640 g/mol. The summed E-state index contributed by atoms with van der Waals surface area (Å²) in [5.74, 6) is -2.06. The lowest BCUT2D eigenvalue weighted by molar-refractivity contribution is -0.146. The van der Waals surface area contributed by atoms with Gasteiger partial charge in [0.2, 0.25) is 11.8 Å². The molecule has 2 aromatic carbocycles. The molecule has 2 saturated carbocycles. The van der Waals surface area contributed by atoms with Crippen LogP contribution in [0.25, 0.3) is 0 Å². The monoisotopic (exact) mass is 686 g/mol. The second-order valence-corrected chi connectivity index (χ2v) is 14.8. The molecule has 2 aliphatic carbocycles. The van der Waals surface area contributed by atoms with Crippen molar-refractivity contribution in [2.24, 2.45) is 16.5 Å². The summed E-state index contributed by atoms with van der Waals surface area (Å²) in [4.78, 5) is 61.0. The van der Waals surface area contributed by atoms with Crippen LogP contribution in [0.15, 0.2) is 72.4 Å². The standard InChI is InChI=1S/C38H46N4O8/c1-5-24-21-38(24,35(45)46)40-33(43)29-19-26(22-42(29)34(44)32(37(2,3)4)39-36(47)48-25-15-9-10-16-25)50-41-28-20-31(23-13-7-6-8-14-23)49-30-18-12-11-17-27(28)30/h5-8,11-14,17-18,24-26,29,31-32H,1,9-10,15-16,19-22H2,2-4H3,(H,39,47)(H,40,43)(H,45,46)/b41-28-/t24-,26-,29+,31?,32-,38+/m1/s1. The number of hydrogen-bond acceptors (Lipinski definition) is 8. The molecule has 2 aliphatic heterocycles. The van der Waals surface area contributed by atoms with Gasteiger partial charge in [-0.25, -0.2) is 9.59 Å². The summed E-state index contributed by atoms with van der Waals surface area (Å²) in [6.45, 7) is 9.16. The van der Waals surface area contributed by atoms with Gasteiger partial charge in [0.05, 0.1) is 12.3 Å². The Balaban J connectivity index is 1.25. The highest BCUT2D eigenvalue weighted by atomic mass is 16.6. The second kappa shape index (κ2) is 14.2. The number of fused-ring (bicyclic) bond motifs is 1. The van der Waals surface area contributed by atoms with E-state index in [0.29, 0.717) is 17.9 Å². The van der Waals surface area contributed by atoms with E-state index in [1.165, 1.54) is 11.0 Å². The van der Waals surface area contributed by atoms with Crippen molar-refractivity contribution in [3.8, 4) is 5.75 Å². The highest BCUT2D eigenvalue weighted by molar-refractivity contribution is 6.03. The second-order valence-electron chi connectivity index (χ2n) is 14.8. The fraction of sp³-hybridized carbons (Fsp3) is 0.500. The van der Waals surface area contributed by atoms with E-state index < -0.39 is 58.9 Å². The van der Waals surface area contributed by atoms with Crippen molar-refractivity contribution in [1.29, 1.82) is 0 Å². The van der Waals surface area contributed by atoms with Gasteiger partial charge in [0.15, 0.2) is 0 Å². The number of alkyl carbamates (subject to hydrolysis) is 1. The van der Waals surface area contributed by atoms with E-state index in [1.807, 2.05) is 75.4 Å². The maximum absolute atomic E-state index is 14.4. The molecule has 0 bridgehead atoms. The summed E-state index contributed by atoms with van der Waals surface area (Å²) in [6.07, 6.45) is 3.84. The molecule has 1 unspecified atom stereocenters. The van der Waals surface area contributed by atoms with Gasteiger partial charge in [0.1, 0.15) is 41.7 Å². The summed E-state index contributed by atoms with van der Waals surface area (Å²) in [7, 11) is 0. The number of likely N-dealkylation sites (tertiary alicyclic amines) is 1. The van der Waals surface area contributed by atoms with E-state index in [4.69, 9.17) is 14.3 Å². The van der Waals surface area contributed by atoms with E-state index in [2.05, 4.69) is 22.4 Å². The number of rotatable bonds is 10. The normalized spacial score (nSPS) is 27.4. The minimum Gasteiger partial charge on any atom is -0.485 e. The van der Waals surface area contributed by atoms with Crippen LogP contribution in [0.4, 0.5) is 4.79 Å². The summed E-state index contributed by atoms with van der Waals surface area (Å²) >= 11 is 0. The van der Waals surface area contributed by atoms with Crippen molar-refractivity contribution in [2.45, 2.75) is 102 Å². The van der Waals surface area contributed by atoms with Gasteiger partial charge in [0, 0.05) is 24.3 Å². The molecule has 12 nitrogen and oxygen atoms in total. The van der Waals surface area contributed by atoms with E-state index in [9.17, 15) is 24.3 Å². The number of benzene rings is 2. The quantitative estimate of drug-likeness (QED) is 0.230. The Labute approximate surface area is 292 Å². The molecule has 4 aliphatic rings. The van der Waals surface area contributed by atoms with Crippen molar-refractivity contribution in [3.05, 3.63) is 78.4 Å². The molecule has 1 saturated heterocycles. The van der Waals surface area contributed by atoms with Crippen LogP contribution in [0.2, 0.25) is 0 Å². The lowest BCUT2D eigenvalue weighted by atomic mass is 9.85. The molecule has 6 rings (SSSR count). The first-order valence-corrected chi connectivity index (χ1v) is 17.4. The smallest absolute Gasteiger partial charge is 0.408 e. The molecule has 266 valence electrons. The number of nitrogens with one attached hydrogen (secondary N) is 2. The van der Waals surface area contributed by atoms with Gasteiger partial charge in [-0.05, 0) is 55.2 Å². The minimum atomic E-state index is -1.49. The lowest BCUT2D eigenvalue weighted by Gasteiger charge is -2.35. The average Bonchev–Trinajstić information content (AvgIpc) is 3.37. The van der Waals surface area contributed by atoms with Crippen molar-refractivity contribution in [2.75, 3.05) is 6.54 Å². The van der Waals surface area contributed by atoms with Crippen LogP contribution in [0.1, 0.15) is 82.9 Å². The van der Waals surface area contributed by atoms with Crippen LogP contribution < -0.4 is 15.4 Å². The van der Waals surface area contributed by atoms with Gasteiger partial charge >= 0.3 is 12.1 Å². The molecule has 12 heteroatoms. The van der Waals surface area contributed by atoms with Crippen LogP contribution in [0, 0.1) is 11.3 Å². The van der Waals surface area contributed by atoms with Crippen LogP contribution in [-0.4, -0.2) is 76.0 Å². The third kappa shape index (κ3) is 7.34. The number of ether oxygens (including phenoxy) is 2. The van der Waals surface area contributed by atoms with Crippen LogP contribution >= 0.6 is 0 Å². The SMILES string of the molecule is C=C[C@@H]1C[C@@]1(NC(=O)[C@@H]1C[C@@H](O/N=C2/CC(c3ccccc3)Oc3ccccc32)CN1C(=O)[C@@H](NC(=O)OC1CCCC1)C(C)(C)C)C(=O)O. The summed E-state index contributed by atoms with van der Waals surface area (Å²) in [5.41, 5.74) is 0.188. The van der Waals surface area contributed by atoms with Crippen molar-refractivity contribution >= 4 is 29.6 Å². The van der Waals surface area contributed by atoms with E-state index in [-0.39, 0.29) is 31.6 Å². The highest BCUT2D eigenvalue weighted by Crippen LogP contribution is 2.45. The Kier molecular flexibility index (Phi) is 9.91. The zero-order chi connectivity index (χ0) is 35.6. The number of amides is 3. The summed E-state index contributed by atoms with van der Waals surface area (Å²) < 4.78 is 11.9. The van der Waals surface area contributed by atoms with Crippen molar-refractivity contribution in [3.63, 3.8) is 0 Å². The molecule has 3 amide bonds. The Morgan fingerprint density at radius 3 is 2.42 bits per heavy atom. The first-order valence-electron chi connectivity index (χ1n) is 17.4. The number of nitrogens with zero attached hydrogens (tertiary/aromatic N) is 2. The molecule has 2 heterocycles. The van der Waals surface area contributed by atoms with Gasteiger partial charge in [-0.1, -0.05) is 74.5 Å². The van der Waals surface area contributed by atoms with Crippen LogP contribution in [-0.2, 0) is 24.0 Å². The number of para-hydroxylation sites is 1. The van der Waals surface area contributed by atoms with Gasteiger partial charge < -0.3 is 35.0 Å². The topological polar surface area (TPSA) is 156 Å². The van der Waals surface area contributed by atoms with Gasteiger partial charge in [-0.3, -0.25) is 9.59 Å². The van der Waals surface area contributed by atoms with Crippen LogP contribution in [0.5, 0.6) is 5.75 Å². The molecule has 3 fully saturated rings. The summed E-state index contributed by atoms with van der Waals surface area (Å²) in [6, 6.07) is 15.3. The molecular formula is C38H46N4O8. The number of carboxylic acid groups (broad SMARTS) is 1. The number of oxime groups is 1. The Bertz CT molecular complexity index is 1650. The number of carbonyl (C=O) groups is 4. The maximum Gasteiger partial charge on any atom is 0.408 e. The van der Waals surface area contributed by atoms with Gasteiger partial charge in [0.25, 0.3) is 0 Å². The fourth-order valence-electron chi connectivity index (χ4n) is 7.18. The number of carboxylic acids is 1.